The van der Waals surface area contributed by atoms with Crippen LogP contribution in [0.25, 0.3) is 0 Å². The van der Waals surface area contributed by atoms with E-state index in [0.29, 0.717) is 11.3 Å². The van der Waals surface area contributed by atoms with E-state index < -0.39 is 0 Å². The van der Waals surface area contributed by atoms with Crippen LogP contribution in [0.15, 0.2) is 30.3 Å². The number of hydrogen-bond acceptors (Lipinski definition) is 4. The number of hydrogen-bond donors (Lipinski definition) is 3. The zero-order valence-electron chi connectivity index (χ0n) is 19.3. The van der Waals surface area contributed by atoms with Gasteiger partial charge in [0, 0.05) is 24.5 Å². The molecule has 3 rings (SSSR count). The Kier molecular flexibility index (Phi) is 7.51. The minimum Gasteiger partial charge on any atom is -0.376 e. The first kappa shape index (κ1) is 23.3. The molecule has 0 aromatic heterocycles. The Morgan fingerprint density at radius 2 is 1.53 bits per heavy atom. The van der Waals surface area contributed by atoms with Gasteiger partial charge in [-0.05, 0) is 63.3 Å². The van der Waals surface area contributed by atoms with Crippen LogP contribution in [0.1, 0.15) is 45.5 Å². The zero-order chi connectivity index (χ0) is 23.3. The lowest BCUT2D eigenvalue weighted by Gasteiger charge is -2.20. The van der Waals surface area contributed by atoms with Gasteiger partial charge in [-0.3, -0.25) is 14.4 Å². The highest BCUT2D eigenvalue weighted by Gasteiger charge is 2.23. The van der Waals surface area contributed by atoms with E-state index in [1.165, 1.54) is 0 Å². The number of carbonyl (C=O) groups is 3. The lowest BCUT2D eigenvalue weighted by molar-refractivity contribution is -0.122. The van der Waals surface area contributed by atoms with Crippen molar-refractivity contribution in [1.29, 1.82) is 0 Å². The molecule has 3 N–H and O–H groups in total. The van der Waals surface area contributed by atoms with Crippen LogP contribution in [0.3, 0.4) is 0 Å². The summed E-state index contributed by atoms with van der Waals surface area (Å²) in [5.74, 6) is -0.612. The molecular weight excluding hydrogens is 404 g/mol. The molecular formula is C25H32N4O3. The maximum absolute atomic E-state index is 12.9. The van der Waals surface area contributed by atoms with Gasteiger partial charge in [0.15, 0.2) is 0 Å². The van der Waals surface area contributed by atoms with Crippen molar-refractivity contribution in [2.24, 2.45) is 0 Å². The normalized spacial score (nSPS) is 13.1. The first-order valence-corrected chi connectivity index (χ1v) is 11.0. The summed E-state index contributed by atoms with van der Waals surface area (Å²) in [5.41, 5.74) is 5.99. The number of nitrogens with one attached hydrogen (secondary N) is 3. The van der Waals surface area contributed by atoms with Gasteiger partial charge in [0.25, 0.3) is 5.91 Å². The molecule has 0 atom stereocenters. The Hall–Kier alpha value is -3.35. The monoisotopic (exact) mass is 436 g/mol. The molecule has 3 amide bonds. The molecule has 7 nitrogen and oxygen atoms in total. The predicted octanol–water partition coefficient (Wildman–Crippen LogP) is 3.32. The molecule has 1 aliphatic heterocycles. The minimum absolute atomic E-state index is 0.00766. The Bertz CT molecular complexity index is 1000. The number of rotatable bonds is 7. The van der Waals surface area contributed by atoms with Gasteiger partial charge in [-0.25, -0.2) is 0 Å². The maximum Gasteiger partial charge on any atom is 0.256 e. The number of likely N-dealkylation sites (tertiary alicyclic amines) is 1. The lowest BCUT2D eigenvalue weighted by atomic mass is 10.0. The summed E-state index contributed by atoms with van der Waals surface area (Å²) >= 11 is 0. The van der Waals surface area contributed by atoms with Crippen LogP contribution in [-0.2, 0) is 9.59 Å². The SMILES string of the molecule is Cc1cc(C)c(NC(=O)CNC(=O)CNc2cccc(C)c2C(=O)N2CCCC2)c(C)c1. The lowest BCUT2D eigenvalue weighted by Crippen LogP contribution is -2.37. The van der Waals surface area contributed by atoms with Gasteiger partial charge in [-0.15, -0.1) is 0 Å². The summed E-state index contributed by atoms with van der Waals surface area (Å²) in [6.45, 7) is 9.18. The molecule has 1 fully saturated rings. The topological polar surface area (TPSA) is 90.5 Å². The van der Waals surface area contributed by atoms with Crippen molar-refractivity contribution in [2.45, 2.75) is 40.5 Å². The van der Waals surface area contributed by atoms with E-state index in [1.54, 1.807) is 6.07 Å². The highest BCUT2D eigenvalue weighted by atomic mass is 16.2. The summed E-state index contributed by atoms with van der Waals surface area (Å²) in [4.78, 5) is 39.4. The highest BCUT2D eigenvalue weighted by Crippen LogP contribution is 2.24. The zero-order valence-corrected chi connectivity index (χ0v) is 19.3. The van der Waals surface area contributed by atoms with Gasteiger partial charge in [0.1, 0.15) is 0 Å². The summed E-state index contributed by atoms with van der Waals surface area (Å²) in [6.07, 6.45) is 2.04. The van der Waals surface area contributed by atoms with E-state index in [2.05, 4.69) is 16.0 Å². The quantitative estimate of drug-likeness (QED) is 0.621. The first-order chi connectivity index (χ1) is 15.3. The third-order valence-corrected chi connectivity index (χ3v) is 5.71. The van der Waals surface area contributed by atoms with Crippen LogP contribution in [-0.4, -0.2) is 48.8 Å². The molecule has 170 valence electrons. The number of aryl methyl sites for hydroxylation is 4. The van der Waals surface area contributed by atoms with Gasteiger partial charge < -0.3 is 20.9 Å². The van der Waals surface area contributed by atoms with E-state index in [-0.39, 0.29) is 30.8 Å². The van der Waals surface area contributed by atoms with Crippen LogP contribution in [0.2, 0.25) is 0 Å². The smallest absolute Gasteiger partial charge is 0.256 e. The number of benzene rings is 2. The molecule has 2 aromatic rings. The van der Waals surface area contributed by atoms with Gasteiger partial charge in [0.05, 0.1) is 18.7 Å². The average molecular weight is 437 g/mol. The number of amides is 3. The third kappa shape index (κ3) is 5.66. The molecule has 0 radical (unpaired) electrons. The van der Waals surface area contributed by atoms with E-state index in [0.717, 1.165) is 53.9 Å². The molecule has 1 aliphatic rings. The number of anilines is 2. The van der Waals surface area contributed by atoms with Crippen molar-refractivity contribution in [3.8, 4) is 0 Å². The van der Waals surface area contributed by atoms with Crippen LogP contribution in [0.5, 0.6) is 0 Å². The van der Waals surface area contributed by atoms with Gasteiger partial charge in [0.2, 0.25) is 11.8 Å². The van der Waals surface area contributed by atoms with Crippen molar-refractivity contribution in [1.82, 2.24) is 10.2 Å². The fourth-order valence-corrected chi connectivity index (χ4v) is 4.15. The number of nitrogens with zero attached hydrogens (tertiary/aromatic N) is 1. The Morgan fingerprint density at radius 1 is 0.875 bits per heavy atom. The molecule has 0 bridgehead atoms. The van der Waals surface area contributed by atoms with Gasteiger partial charge in [-0.1, -0.05) is 29.8 Å². The Balaban J connectivity index is 1.55. The van der Waals surface area contributed by atoms with Crippen molar-refractivity contribution < 1.29 is 14.4 Å². The van der Waals surface area contributed by atoms with Crippen LogP contribution < -0.4 is 16.0 Å². The van der Waals surface area contributed by atoms with Crippen LogP contribution >= 0.6 is 0 Å². The standard InChI is InChI=1S/C25H32N4O3/c1-16-12-18(3)24(19(4)13-16)28-22(31)15-27-21(30)14-26-20-9-7-8-17(2)23(20)25(32)29-10-5-6-11-29/h7-9,12-13,26H,5-6,10-11,14-15H2,1-4H3,(H,27,30)(H,28,31). The summed E-state index contributed by atoms with van der Waals surface area (Å²) < 4.78 is 0. The summed E-state index contributed by atoms with van der Waals surface area (Å²) in [7, 11) is 0. The Labute approximate surface area is 189 Å². The van der Waals surface area contributed by atoms with Crippen molar-refractivity contribution in [2.75, 3.05) is 36.8 Å². The highest BCUT2D eigenvalue weighted by molar-refractivity contribution is 6.02. The Morgan fingerprint density at radius 3 is 2.19 bits per heavy atom. The van der Waals surface area contributed by atoms with E-state index in [1.807, 2.05) is 56.9 Å². The molecule has 7 heteroatoms. The van der Waals surface area contributed by atoms with Crippen molar-refractivity contribution in [3.63, 3.8) is 0 Å². The second-order valence-corrected chi connectivity index (χ2v) is 8.45. The average Bonchev–Trinajstić information content (AvgIpc) is 3.28. The minimum atomic E-state index is -0.321. The molecule has 0 aliphatic carbocycles. The van der Waals surface area contributed by atoms with Crippen molar-refractivity contribution in [3.05, 3.63) is 58.1 Å². The van der Waals surface area contributed by atoms with E-state index >= 15 is 0 Å². The van der Waals surface area contributed by atoms with Crippen LogP contribution in [0, 0.1) is 27.7 Å². The molecule has 32 heavy (non-hydrogen) atoms. The second kappa shape index (κ2) is 10.3. The molecule has 1 heterocycles. The first-order valence-electron chi connectivity index (χ1n) is 11.0. The largest absolute Gasteiger partial charge is 0.376 e. The molecule has 0 saturated carbocycles. The van der Waals surface area contributed by atoms with Gasteiger partial charge in [-0.2, -0.15) is 0 Å². The fraction of sp³-hybridized carbons (Fsp3) is 0.400. The molecule has 2 aromatic carbocycles. The molecule has 1 saturated heterocycles. The van der Waals surface area contributed by atoms with Gasteiger partial charge >= 0.3 is 0 Å². The van der Waals surface area contributed by atoms with Crippen LogP contribution in [0.4, 0.5) is 11.4 Å². The predicted molar refractivity (Wildman–Crippen MR) is 127 cm³/mol. The fourth-order valence-electron chi connectivity index (χ4n) is 4.15. The summed E-state index contributed by atoms with van der Waals surface area (Å²) in [6, 6.07) is 9.57. The third-order valence-electron chi connectivity index (χ3n) is 5.71. The van der Waals surface area contributed by atoms with E-state index in [9.17, 15) is 14.4 Å². The van der Waals surface area contributed by atoms with Crippen molar-refractivity contribution >= 4 is 29.1 Å². The van der Waals surface area contributed by atoms with E-state index in [4.69, 9.17) is 0 Å². The second-order valence-electron chi connectivity index (χ2n) is 8.45. The maximum atomic E-state index is 12.9. The summed E-state index contributed by atoms with van der Waals surface area (Å²) in [5, 5.41) is 8.57. The molecule has 0 unspecified atom stereocenters. The molecule has 0 spiro atoms. The number of carbonyl (C=O) groups excluding carboxylic acids is 3.